The maximum atomic E-state index is 11.9. The lowest BCUT2D eigenvalue weighted by Gasteiger charge is -2.10. The summed E-state index contributed by atoms with van der Waals surface area (Å²) >= 11 is 0. The van der Waals surface area contributed by atoms with Crippen LogP contribution in [0.15, 0.2) is 89.9 Å². The number of esters is 1. The molecule has 3 aromatic carbocycles. The van der Waals surface area contributed by atoms with E-state index in [9.17, 15) is 4.79 Å². The van der Waals surface area contributed by atoms with Gasteiger partial charge in [0.2, 0.25) is 0 Å². The van der Waals surface area contributed by atoms with Crippen LogP contribution in [0.4, 0.5) is 5.69 Å². The molecule has 0 spiro atoms. The number of aryl methyl sites for hydroxylation is 1. The third kappa shape index (κ3) is 4.54. The predicted molar refractivity (Wildman–Crippen MR) is 130 cm³/mol. The first-order chi connectivity index (χ1) is 15.6. The highest BCUT2D eigenvalue weighted by Gasteiger charge is 2.11. The third-order valence-electron chi connectivity index (χ3n) is 5.43. The predicted octanol–water partition coefficient (Wildman–Crippen LogP) is 6.69. The minimum Gasteiger partial charge on any atom is -0.462 e. The van der Waals surface area contributed by atoms with Crippen molar-refractivity contribution < 1.29 is 9.53 Å². The summed E-state index contributed by atoms with van der Waals surface area (Å²) in [7, 11) is 0. The Balaban J connectivity index is 1.54. The fourth-order valence-electron chi connectivity index (χ4n) is 3.79. The number of carbonyl (C=O) groups excluding carboxylic acids is 1. The number of aromatic nitrogens is 1. The number of aliphatic imine (C=N–C) groups is 1. The molecule has 0 fully saturated rings. The molecule has 0 aliphatic carbocycles. The van der Waals surface area contributed by atoms with Crippen molar-refractivity contribution in [1.82, 2.24) is 4.57 Å². The van der Waals surface area contributed by atoms with Crippen LogP contribution in [0.5, 0.6) is 0 Å². The largest absolute Gasteiger partial charge is 0.462 e. The standard InChI is InChI=1S/C28H26N2O2/c1-4-32-28(31)24-12-16-27(17-13-24)30-20(2)18-25(21(30)3)19-29-26-14-10-23(11-15-26)22-8-6-5-7-9-22/h5-19H,4H2,1-3H3. The summed E-state index contributed by atoms with van der Waals surface area (Å²) in [5.74, 6) is -0.300. The van der Waals surface area contributed by atoms with Crippen LogP contribution in [0.3, 0.4) is 0 Å². The quantitative estimate of drug-likeness (QED) is 0.257. The van der Waals surface area contributed by atoms with Gasteiger partial charge in [0.1, 0.15) is 0 Å². The normalized spacial score (nSPS) is 11.1. The highest BCUT2D eigenvalue weighted by Crippen LogP contribution is 2.24. The van der Waals surface area contributed by atoms with Crippen LogP contribution in [-0.4, -0.2) is 23.4 Å². The lowest BCUT2D eigenvalue weighted by atomic mass is 10.1. The minimum absolute atomic E-state index is 0.300. The molecule has 160 valence electrons. The third-order valence-corrected chi connectivity index (χ3v) is 5.43. The highest BCUT2D eigenvalue weighted by atomic mass is 16.5. The lowest BCUT2D eigenvalue weighted by Crippen LogP contribution is -2.05. The van der Waals surface area contributed by atoms with Crippen LogP contribution in [0.25, 0.3) is 16.8 Å². The van der Waals surface area contributed by atoms with E-state index in [1.165, 1.54) is 11.1 Å². The summed E-state index contributed by atoms with van der Waals surface area (Å²) < 4.78 is 7.23. The molecule has 0 N–H and O–H groups in total. The van der Waals surface area contributed by atoms with Crippen LogP contribution in [0.2, 0.25) is 0 Å². The van der Waals surface area contributed by atoms with Gasteiger partial charge in [0, 0.05) is 28.9 Å². The van der Waals surface area contributed by atoms with Gasteiger partial charge in [0.05, 0.1) is 17.9 Å². The number of carbonyl (C=O) groups is 1. The van der Waals surface area contributed by atoms with Crippen molar-refractivity contribution >= 4 is 17.9 Å². The fourth-order valence-corrected chi connectivity index (χ4v) is 3.79. The average molecular weight is 423 g/mol. The molecule has 0 aliphatic heterocycles. The van der Waals surface area contributed by atoms with E-state index in [2.05, 4.69) is 53.7 Å². The first-order valence-corrected chi connectivity index (χ1v) is 10.7. The zero-order valence-electron chi connectivity index (χ0n) is 18.6. The van der Waals surface area contributed by atoms with Gasteiger partial charge in [-0.1, -0.05) is 42.5 Å². The van der Waals surface area contributed by atoms with E-state index >= 15 is 0 Å². The molecular formula is C28H26N2O2. The van der Waals surface area contributed by atoms with E-state index < -0.39 is 0 Å². The zero-order chi connectivity index (χ0) is 22.5. The number of hydrogen-bond acceptors (Lipinski definition) is 3. The van der Waals surface area contributed by atoms with E-state index in [1.807, 2.05) is 48.7 Å². The molecule has 32 heavy (non-hydrogen) atoms. The molecule has 0 bridgehead atoms. The van der Waals surface area contributed by atoms with Gasteiger partial charge < -0.3 is 9.30 Å². The summed E-state index contributed by atoms with van der Waals surface area (Å²) in [4.78, 5) is 16.6. The first-order valence-electron chi connectivity index (χ1n) is 10.7. The van der Waals surface area contributed by atoms with Gasteiger partial charge in [0.15, 0.2) is 0 Å². The summed E-state index contributed by atoms with van der Waals surface area (Å²) in [6.45, 7) is 6.32. The van der Waals surface area contributed by atoms with Crippen LogP contribution < -0.4 is 0 Å². The smallest absolute Gasteiger partial charge is 0.338 e. The Labute approximate surface area is 188 Å². The van der Waals surface area contributed by atoms with Gasteiger partial charge in [-0.2, -0.15) is 0 Å². The Morgan fingerprint density at radius 1 is 0.906 bits per heavy atom. The molecule has 0 atom stereocenters. The second kappa shape index (κ2) is 9.48. The van der Waals surface area contributed by atoms with Crippen molar-refractivity contribution in [3.8, 4) is 16.8 Å². The molecule has 1 aromatic heterocycles. The molecule has 0 radical (unpaired) electrons. The van der Waals surface area contributed by atoms with Crippen LogP contribution in [0.1, 0.15) is 34.2 Å². The maximum absolute atomic E-state index is 11.9. The molecule has 0 saturated heterocycles. The van der Waals surface area contributed by atoms with Crippen molar-refractivity contribution in [3.05, 3.63) is 107 Å². The van der Waals surface area contributed by atoms with Gasteiger partial charge in [-0.15, -0.1) is 0 Å². The fraction of sp³-hybridized carbons (Fsp3) is 0.143. The average Bonchev–Trinajstić information content (AvgIpc) is 3.11. The van der Waals surface area contributed by atoms with E-state index in [4.69, 9.17) is 4.74 Å². The number of rotatable bonds is 6. The van der Waals surface area contributed by atoms with Crippen molar-refractivity contribution in [2.75, 3.05) is 6.61 Å². The van der Waals surface area contributed by atoms with E-state index in [0.29, 0.717) is 12.2 Å². The maximum Gasteiger partial charge on any atom is 0.338 e. The van der Waals surface area contributed by atoms with Crippen molar-refractivity contribution in [2.24, 2.45) is 4.99 Å². The van der Waals surface area contributed by atoms with Crippen molar-refractivity contribution in [3.63, 3.8) is 0 Å². The van der Waals surface area contributed by atoms with E-state index in [1.54, 1.807) is 19.1 Å². The number of hydrogen-bond donors (Lipinski definition) is 0. The summed E-state index contributed by atoms with van der Waals surface area (Å²) in [6.07, 6.45) is 1.91. The van der Waals surface area contributed by atoms with Crippen LogP contribution >= 0.6 is 0 Å². The minimum atomic E-state index is -0.300. The summed E-state index contributed by atoms with van der Waals surface area (Å²) in [5.41, 5.74) is 8.09. The molecule has 0 amide bonds. The summed E-state index contributed by atoms with van der Waals surface area (Å²) in [5, 5.41) is 0. The van der Waals surface area contributed by atoms with Crippen LogP contribution in [0, 0.1) is 13.8 Å². The molecular weight excluding hydrogens is 396 g/mol. The van der Waals surface area contributed by atoms with Gasteiger partial charge in [-0.25, -0.2) is 4.79 Å². The van der Waals surface area contributed by atoms with Gasteiger partial charge >= 0.3 is 5.97 Å². The lowest BCUT2D eigenvalue weighted by molar-refractivity contribution is 0.0526. The molecule has 0 unspecified atom stereocenters. The second-order valence-corrected chi connectivity index (χ2v) is 7.60. The molecule has 0 saturated carbocycles. The summed E-state index contributed by atoms with van der Waals surface area (Å²) in [6, 6.07) is 28.2. The Morgan fingerprint density at radius 3 is 2.22 bits per heavy atom. The Hall–Kier alpha value is -3.92. The molecule has 4 rings (SSSR count). The van der Waals surface area contributed by atoms with E-state index in [0.717, 1.165) is 28.3 Å². The van der Waals surface area contributed by atoms with Crippen LogP contribution in [-0.2, 0) is 4.74 Å². The number of nitrogens with zero attached hydrogens (tertiary/aromatic N) is 2. The molecule has 1 heterocycles. The van der Waals surface area contributed by atoms with Gasteiger partial charge in [0.25, 0.3) is 0 Å². The van der Waals surface area contributed by atoms with Crippen molar-refractivity contribution in [1.29, 1.82) is 0 Å². The van der Waals surface area contributed by atoms with Gasteiger partial charge in [-0.05, 0) is 74.4 Å². The number of ether oxygens (including phenoxy) is 1. The second-order valence-electron chi connectivity index (χ2n) is 7.60. The van der Waals surface area contributed by atoms with Gasteiger partial charge in [-0.3, -0.25) is 4.99 Å². The Morgan fingerprint density at radius 2 is 1.56 bits per heavy atom. The highest BCUT2D eigenvalue weighted by molar-refractivity contribution is 5.89. The molecule has 4 nitrogen and oxygen atoms in total. The topological polar surface area (TPSA) is 43.6 Å². The Bertz CT molecular complexity index is 1240. The molecule has 0 aliphatic rings. The van der Waals surface area contributed by atoms with E-state index in [-0.39, 0.29) is 5.97 Å². The monoisotopic (exact) mass is 422 g/mol. The zero-order valence-corrected chi connectivity index (χ0v) is 18.6. The van der Waals surface area contributed by atoms with Crippen molar-refractivity contribution in [2.45, 2.75) is 20.8 Å². The molecule has 4 aromatic rings. The molecule has 4 heteroatoms. The first kappa shape index (κ1) is 21.3. The SMILES string of the molecule is CCOC(=O)c1ccc(-n2c(C)cc(C=Nc3ccc(-c4ccccc4)cc3)c2C)cc1. The Kier molecular flexibility index (Phi) is 6.31. The number of benzene rings is 3.